The maximum atomic E-state index is 13.1. The van der Waals surface area contributed by atoms with E-state index in [2.05, 4.69) is 118 Å². The molecule has 0 fully saturated rings. The Hall–Kier alpha value is -5.91. The number of carboxylic acid groups (broad SMARTS) is 1. The van der Waals surface area contributed by atoms with Crippen LogP contribution in [0, 0.1) is 6.92 Å². The number of pyridine rings is 1. The summed E-state index contributed by atoms with van der Waals surface area (Å²) in [6.45, 7) is 17.1. The minimum Gasteiger partial charge on any atom is -0.481 e. The largest absolute Gasteiger partial charge is 0.481 e. The Labute approximate surface area is 358 Å². The van der Waals surface area contributed by atoms with Crippen molar-refractivity contribution in [1.29, 1.82) is 0 Å². The van der Waals surface area contributed by atoms with Crippen molar-refractivity contribution in [1.82, 2.24) is 10.3 Å². The van der Waals surface area contributed by atoms with E-state index >= 15 is 0 Å². The monoisotopic (exact) mass is 839 g/mol. The summed E-state index contributed by atoms with van der Waals surface area (Å²) in [5.41, 5.74) is 8.91. The van der Waals surface area contributed by atoms with Gasteiger partial charge in [-0.2, -0.15) is 13.0 Å². The van der Waals surface area contributed by atoms with Crippen LogP contribution in [0.15, 0.2) is 114 Å². The van der Waals surface area contributed by atoms with Crippen LogP contribution in [0.1, 0.15) is 100.0 Å². The lowest BCUT2D eigenvalue weighted by Gasteiger charge is -2.26. The summed E-state index contributed by atoms with van der Waals surface area (Å²) >= 11 is 0. The summed E-state index contributed by atoms with van der Waals surface area (Å²) < 4.78 is 37.3. The van der Waals surface area contributed by atoms with E-state index < -0.39 is 21.5 Å². The second kappa shape index (κ2) is 16.9. The second-order valence-electron chi connectivity index (χ2n) is 16.9. The fraction of sp³-hybridized carbons (Fsp3) is 0.320. The van der Waals surface area contributed by atoms with Crippen LogP contribution in [0.4, 0.5) is 11.4 Å². The molecule has 2 aliphatic heterocycles. The molecule has 5 aromatic rings. The smallest absolute Gasteiger partial charge is 0.303 e. The first kappa shape index (κ1) is 43.2. The molecule has 0 atom stereocenters. The van der Waals surface area contributed by atoms with Crippen LogP contribution in [0.2, 0.25) is 0 Å². The third-order valence-electron chi connectivity index (χ3n) is 12.4. The molecule has 0 saturated heterocycles. The van der Waals surface area contributed by atoms with Crippen LogP contribution >= 0.6 is 0 Å². The zero-order valence-corrected chi connectivity index (χ0v) is 36.9. The van der Waals surface area contributed by atoms with Crippen molar-refractivity contribution >= 4 is 66.2 Å². The molecule has 0 spiro atoms. The molecular formula is C50H55N4O6S+. The quantitative estimate of drug-likeness (QED) is 0.0435. The number of hydrogen-bond donors (Lipinski definition) is 3. The lowest BCUT2D eigenvalue weighted by atomic mass is 9.78. The average Bonchev–Trinajstić information content (AvgIpc) is 3.59. The predicted molar refractivity (Wildman–Crippen MR) is 245 cm³/mol. The van der Waals surface area contributed by atoms with Crippen molar-refractivity contribution in [2.24, 2.45) is 0 Å². The van der Waals surface area contributed by atoms with Gasteiger partial charge in [-0.05, 0) is 117 Å². The van der Waals surface area contributed by atoms with E-state index in [1.807, 2.05) is 18.2 Å². The van der Waals surface area contributed by atoms with Crippen molar-refractivity contribution in [3.05, 3.63) is 137 Å². The number of likely N-dealkylation sites (N-methyl/N-ethyl adjacent to an activating group) is 1. The minimum absolute atomic E-state index is 0.117. The minimum atomic E-state index is -4.45. The summed E-state index contributed by atoms with van der Waals surface area (Å²) in [5.74, 6) is -1.06. The zero-order valence-electron chi connectivity index (χ0n) is 36.0. The maximum Gasteiger partial charge on any atom is 0.303 e. The summed E-state index contributed by atoms with van der Waals surface area (Å²) in [6, 6.07) is 23.3. The van der Waals surface area contributed by atoms with E-state index in [-0.39, 0.29) is 22.6 Å². The van der Waals surface area contributed by atoms with Gasteiger partial charge in [-0.15, -0.1) is 0 Å². The molecule has 4 aromatic carbocycles. The number of aliphatic carboxylic acids is 1. The molecule has 0 saturated carbocycles. The highest BCUT2D eigenvalue weighted by molar-refractivity contribution is 7.86. The van der Waals surface area contributed by atoms with Gasteiger partial charge in [-0.3, -0.25) is 19.1 Å². The van der Waals surface area contributed by atoms with Crippen molar-refractivity contribution in [2.75, 3.05) is 24.5 Å². The van der Waals surface area contributed by atoms with Gasteiger partial charge in [0.05, 0.1) is 16.7 Å². The number of aromatic nitrogens is 1. The first-order valence-corrected chi connectivity index (χ1v) is 22.5. The predicted octanol–water partition coefficient (Wildman–Crippen LogP) is 10.1. The van der Waals surface area contributed by atoms with E-state index in [4.69, 9.17) is 10.1 Å². The molecule has 61 heavy (non-hydrogen) atoms. The standard InChI is InChI=1S/C50H54N4O6S/c1-8-53-40-26-23-35-32(3)15-13-16-37(35)46(40)49(4,5)43(53)28-21-33(39-25-20-34(31-52-39)48(57)51-30-12-10-11-19-45(55)56)22-29-44-50(6,7)47-38-17-14-18-42(61(58,59)60)36(38)24-27-41(47)54(44)9-2/h13-18,20-29,31H,8-12,19,30H2,1-7H3,(H2-,51,55,56,57,58,59,60)/p+1. The number of allylic oxidation sites excluding steroid dienone is 6. The zero-order chi connectivity index (χ0) is 43.9. The summed E-state index contributed by atoms with van der Waals surface area (Å²) in [6.07, 6.45) is 12.2. The van der Waals surface area contributed by atoms with Gasteiger partial charge in [-0.25, -0.2) is 0 Å². The molecule has 3 N–H and O–H groups in total. The van der Waals surface area contributed by atoms with Crippen LogP contribution in [-0.2, 0) is 25.7 Å². The number of aryl methyl sites for hydroxylation is 1. The molecule has 3 heterocycles. The van der Waals surface area contributed by atoms with E-state index in [1.54, 1.807) is 24.4 Å². The molecule has 1 aromatic heterocycles. The fourth-order valence-corrected chi connectivity index (χ4v) is 10.1. The van der Waals surface area contributed by atoms with Crippen LogP contribution in [0.5, 0.6) is 0 Å². The molecule has 0 aliphatic carbocycles. The van der Waals surface area contributed by atoms with E-state index in [1.165, 1.54) is 33.7 Å². The number of carbonyl (C=O) groups is 2. The summed E-state index contributed by atoms with van der Waals surface area (Å²) in [4.78, 5) is 30.9. The molecule has 1 amide bonds. The number of carboxylic acids is 1. The number of fused-ring (bicyclic) bond motifs is 6. The van der Waals surface area contributed by atoms with E-state index in [9.17, 15) is 22.6 Å². The Morgan fingerprint density at radius 2 is 1.57 bits per heavy atom. The molecule has 316 valence electrons. The topological polar surface area (TPSA) is 140 Å². The van der Waals surface area contributed by atoms with Gasteiger partial charge < -0.3 is 15.3 Å². The normalized spacial score (nSPS) is 16.6. The first-order valence-electron chi connectivity index (χ1n) is 21.1. The van der Waals surface area contributed by atoms with Gasteiger partial charge in [0.25, 0.3) is 16.0 Å². The van der Waals surface area contributed by atoms with Gasteiger partial charge in [0, 0.05) is 71.2 Å². The van der Waals surface area contributed by atoms with Crippen molar-refractivity contribution < 1.29 is 32.2 Å². The van der Waals surface area contributed by atoms with Crippen LogP contribution < -0.4 is 10.2 Å². The summed E-state index contributed by atoms with van der Waals surface area (Å²) in [5, 5.41) is 15.6. The first-order chi connectivity index (χ1) is 29.0. The van der Waals surface area contributed by atoms with Gasteiger partial charge in [-0.1, -0.05) is 62.7 Å². The third kappa shape index (κ3) is 8.04. The van der Waals surface area contributed by atoms with Crippen LogP contribution in [0.25, 0.3) is 27.1 Å². The number of carbonyl (C=O) groups excluding carboxylic acids is 1. The maximum absolute atomic E-state index is 13.1. The molecule has 10 nitrogen and oxygen atoms in total. The molecule has 0 unspecified atom stereocenters. The average molecular weight is 840 g/mol. The number of unbranched alkanes of at least 4 members (excludes halogenated alkanes) is 2. The molecular weight excluding hydrogens is 785 g/mol. The number of rotatable bonds is 14. The Balaban J connectivity index is 1.30. The number of amides is 1. The molecule has 11 heteroatoms. The number of benzene rings is 4. The van der Waals surface area contributed by atoms with Gasteiger partial charge in [0.15, 0.2) is 5.71 Å². The Morgan fingerprint density at radius 3 is 2.25 bits per heavy atom. The molecule has 7 rings (SSSR count). The van der Waals surface area contributed by atoms with Crippen LogP contribution in [-0.4, -0.2) is 64.9 Å². The molecule has 0 radical (unpaired) electrons. The van der Waals surface area contributed by atoms with Crippen LogP contribution in [0.3, 0.4) is 0 Å². The van der Waals surface area contributed by atoms with Gasteiger partial charge in [0.1, 0.15) is 11.4 Å². The Morgan fingerprint density at radius 1 is 0.852 bits per heavy atom. The molecule has 0 bridgehead atoms. The lowest BCUT2D eigenvalue weighted by molar-refractivity contribution is -0.433. The van der Waals surface area contributed by atoms with Gasteiger partial charge in [0.2, 0.25) is 5.69 Å². The highest BCUT2D eigenvalue weighted by Crippen LogP contribution is 2.51. The Bertz CT molecular complexity index is 2810. The second-order valence-corrected chi connectivity index (χ2v) is 18.3. The van der Waals surface area contributed by atoms with E-state index in [0.717, 1.165) is 40.2 Å². The third-order valence-corrected chi connectivity index (χ3v) is 13.3. The number of anilines is 1. The Kier molecular flexibility index (Phi) is 11.9. The summed E-state index contributed by atoms with van der Waals surface area (Å²) in [7, 11) is -4.45. The van der Waals surface area contributed by atoms with E-state index in [0.29, 0.717) is 49.0 Å². The number of hydrogen-bond acceptors (Lipinski definition) is 6. The lowest BCUT2D eigenvalue weighted by Crippen LogP contribution is -2.27. The van der Waals surface area contributed by atoms with Crippen molar-refractivity contribution in [3.63, 3.8) is 0 Å². The highest BCUT2D eigenvalue weighted by atomic mass is 32.2. The molecule has 2 aliphatic rings. The number of nitrogens with zero attached hydrogens (tertiary/aromatic N) is 3. The number of nitrogens with one attached hydrogen (secondary N) is 1. The fourth-order valence-electron chi connectivity index (χ4n) is 9.42. The van der Waals surface area contributed by atoms with Gasteiger partial charge >= 0.3 is 5.97 Å². The highest BCUT2D eigenvalue weighted by Gasteiger charge is 2.45. The SMILES string of the molecule is CCN1/C(=C/C=C(/C=C/C2=[N+](CC)c3ccc4c(C)cccc4c3C2(C)C)c2ccc(C(=O)NCCCCCC(=O)O)cn2)C(C)(C)c2c1ccc1c(S(=O)(=O)O)cccc21. The van der Waals surface area contributed by atoms with Crippen molar-refractivity contribution in [3.8, 4) is 0 Å². The van der Waals surface area contributed by atoms with Crippen molar-refractivity contribution in [2.45, 2.75) is 89.9 Å².